The number of carbonyl (C=O) groups is 2. The number of aliphatic carboxylic acids is 1. The van der Waals surface area contributed by atoms with Crippen LogP contribution in [0.25, 0.3) is 0 Å². The average molecular weight is 267 g/mol. The van der Waals surface area contributed by atoms with Gasteiger partial charge in [-0.3, -0.25) is 0 Å². The Labute approximate surface area is 96.2 Å². The second-order valence-corrected chi connectivity index (χ2v) is 2.81. The van der Waals surface area contributed by atoms with Gasteiger partial charge in [-0.2, -0.15) is 0 Å². The lowest BCUT2D eigenvalue weighted by atomic mass is 9.86. The number of carboxylic acids is 1. The van der Waals surface area contributed by atoms with E-state index in [0.717, 1.165) is 0 Å². The molecule has 0 aliphatic heterocycles. The summed E-state index contributed by atoms with van der Waals surface area (Å²) < 4.78 is 67.5. The van der Waals surface area contributed by atoms with E-state index in [2.05, 4.69) is 4.65 Å². The van der Waals surface area contributed by atoms with Gasteiger partial charge in [0.25, 0.3) is 0 Å². The summed E-state index contributed by atoms with van der Waals surface area (Å²) in [5.41, 5.74) is -1.55. The highest BCUT2D eigenvalue weighted by Gasteiger charge is 2.28. The number of halogens is 5. The molecule has 0 aromatic heterocycles. The minimum Gasteiger partial charge on any atom is -0.525 e. The molecule has 0 atom stereocenters. The Morgan fingerprint density at radius 2 is 1.28 bits per heavy atom. The van der Waals surface area contributed by atoms with Gasteiger partial charge >= 0.3 is 19.4 Å². The summed E-state index contributed by atoms with van der Waals surface area (Å²) in [6.07, 6.45) is 0. The van der Waals surface area contributed by atoms with Crippen molar-refractivity contribution in [3.8, 4) is 0 Å². The third kappa shape index (κ3) is 2.41. The fourth-order valence-electron chi connectivity index (χ4n) is 0.888. The Balaban J connectivity index is 3.11. The molecule has 0 aliphatic carbocycles. The van der Waals surface area contributed by atoms with Gasteiger partial charge in [0, 0.05) is 5.46 Å². The normalized spacial score (nSPS) is 10.1. The maximum atomic E-state index is 13.0. The monoisotopic (exact) mass is 267 g/mol. The van der Waals surface area contributed by atoms with Crippen LogP contribution in [0, 0.1) is 29.1 Å². The van der Waals surface area contributed by atoms with Crippen LogP contribution < -0.4 is 5.46 Å². The zero-order valence-corrected chi connectivity index (χ0v) is 8.14. The van der Waals surface area contributed by atoms with Crippen LogP contribution in [0.5, 0.6) is 0 Å². The largest absolute Gasteiger partial charge is 0.525 e. The average Bonchev–Trinajstić information content (AvgIpc) is 2.33. The Morgan fingerprint density at radius 1 is 0.889 bits per heavy atom. The van der Waals surface area contributed by atoms with Crippen LogP contribution in [0.15, 0.2) is 0 Å². The van der Waals surface area contributed by atoms with E-state index in [0.29, 0.717) is 0 Å². The summed E-state index contributed by atoms with van der Waals surface area (Å²) in [6.45, 7) is 0. The van der Waals surface area contributed by atoms with Gasteiger partial charge in [0.2, 0.25) is 0 Å². The third-order valence-electron chi connectivity index (χ3n) is 1.70. The van der Waals surface area contributed by atoms with Crippen molar-refractivity contribution in [1.29, 1.82) is 0 Å². The van der Waals surface area contributed by atoms with Crippen molar-refractivity contribution in [1.82, 2.24) is 0 Å². The molecule has 0 heterocycles. The fourth-order valence-corrected chi connectivity index (χ4v) is 0.888. The maximum absolute atomic E-state index is 13.0. The second kappa shape index (κ2) is 5.02. The number of hydrogen-bond acceptors (Lipinski definition) is 3. The van der Waals surface area contributed by atoms with Gasteiger partial charge in [-0.15, -0.1) is 0 Å². The lowest BCUT2D eigenvalue weighted by Crippen LogP contribution is -2.32. The van der Waals surface area contributed by atoms with E-state index in [1.807, 2.05) is 0 Å². The molecule has 95 valence electrons. The molecule has 0 amide bonds. The van der Waals surface area contributed by atoms with Gasteiger partial charge in [-0.05, 0) is 0 Å². The van der Waals surface area contributed by atoms with Gasteiger partial charge in [-0.25, -0.2) is 31.5 Å². The lowest BCUT2D eigenvalue weighted by molar-refractivity contribution is -0.157. The molecule has 18 heavy (non-hydrogen) atoms. The van der Waals surface area contributed by atoms with Gasteiger partial charge in [0.1, 0.15) is 0 Å². The molecule has 0 saturated carbocycles. The topological polar surface area (TPSA) is 63.6 Å². The molecule has 0 aliphatic rings. The van der Waals surface area contributed by atoms with E-state index >= 15 is 0 Å². The minimum atomic E-state index is -2.38. The molecule has 0 saturated heterocycles. The first-order valence-corrected chi connectivity index (χ1v) is 4.06. The van der Waals surface area contributed by atoms with Crippen molar-refractivity contribution in [3.63, 3.8) is 0 Å². The summed E-state index contributed by atoms with van der Waals surface area (Å²) >= 11 is 0. The first kappa shape index (κ1) is 13.9. The first-order valence-electron chi connectivity index (χ1n) is 4.06. The van der Waals surface area contributed by atoms with Crippen molar-refractivity contribution in [2.75, 3.05) is 0 Å². The number of benzene rings is 1. The summed E-state index contributed by atoms with van der Waals surface area (Å²) in [5.74, 6) is -15.4. The van der Waals surface area contributed by atoms with E-state index in [1.165, 1.54) is 0 Å². The molecule has 0 fully saturated rings. The molecular weight excluding hydrogens is 266 g/mol. The highest BCUT2D eigenvalue weighted by atomic mass is 19.2. The van der Waals surface area contributed by atoms with Crippen LogP contribution in [0.4, 0.5) is 22.0 Å². The van der Waals surface area contributed by atoms with E-state index < -0.39 is 46.5 Å². The third-order valence-corrected chi connectivity index (χ3v) is 1.70. The van der Waals surface area contributed by atoms with E-state index in [4.69, 9.17) is 5.11 Å². The first-order chi connectivity index (χ1) is 8.27. The number of carbonyl (C=O) groups excluding carboxylic acids is 1. The molecule has 1 aromatic carbocycles. The summed E-state index contributed by atoms with van der Waals surface area (Å²) in [4.78, 5) is 20.4. The van der Waals surface area contributed by atoms with Crippen LogP contribution >= 0.6 is 0 Å². The molecule has 1 radical (unpaired) electrons. The van der Waals surface area contributed by atoms with Crippen LogP contribution in [-0.4, -0.2) is 24.5 Å². The predicted octanol–water partition coefficient (Wildman–Crippen LogP) is 0.254. The van der Waals surface area contributed by atoms with Gasteiger partial charge in [0.05, 0.1) is 0 Å². The van der Waals surface area contributed by atoms with E-state index in [1.54, 1.807) is 0 Å². The molecule has 10 heteroatoms. The fraction of sp³-hybridized carbons (Fsp3) is 0. The molecular formula is C8HBF5O4. The van der Waals surface area contributed by atoms with E-state index in [9.17, 15) is 31.5 Å². The standard InChI is InChI=1S/C8HBF5O4/c10-2-1(9-18-8(17)7(15)16)3(11)5(13)6(14)4(2)12/h(H,15,16). The zero-order valence-electron chi connectivity index (χ0n) is 8.14. The number of hydrogen-bond donors (Lipinski definition) is 1. The quantitative estimate of drug-likeness (QED) is 0.274. The van der Waals surface area contributed by atoms with Gasteiger partial charge in [0.15, 0.2) is 29.1 Å². The highest BCUT2D eigenvalue weighted by molar-refractivity contribution is 6.52. The molecule has 1 aromatic rings. The number of rotatable bonds is 2. The Hall–Kier alpha value is -2.13. The molecule has 0 spiro atoms. The van der Waals surface area contributed by atoms with Crippen molar-refractivity contribution < 1.29 is 41.3 Å². The van der Waals surface area contributed by atoms with Gasteiger partial charge in [-0.1, -0.05) is 0 Å². The molecule has 1 rings (SSSR count). The molecule has 1 N–H and O–H groups in total. The van der Waals surface area contributed by atoms with Crippen LogP contribution in [0.2, 0.25) is 0 Å². The Bertz CT molecular complexity index is 504. The minimum absolute atomic E-state index is 0.174. The zero-order chi connectivity index (χ0) is 14.0. The maximum Gasteiger partial charge on any atom is 0.419 e. The van der Waals surface area contributed by atoms with Gasteiger partial charge < -0.3 is 9.76 Å². The van der Waals surface area contributed by atoms with Crippen molar-refractivity contribution in [2.45, 2.75) is 0 Å². The Kier molecular flexibility index (Phi) is 3.89. The van der Waals surface area contributed by atoms with Crippen LogP contribution in [-0.2, 0) is 14.2 Å². The molecule has 4 nitrogen and oxygen atoms in total. The molecule has 0 unspecified atom stereocenters. The smallest absolute Gasteiger partial charge is 0.419 e. The summed E-state index contributed by atoms with van der Waals surface area (Å²) in [7, 11) is -0.174. The summed E-state index contributed by atoms with van der Waals surface area (Å²) in [5, 5.41) is 8.06. The highest BCUT2D eigenvalue weighted by Crippen LogP contribution is 2.15. The summed E-state index contributed by atoms with van der Waals surface area (Å²) in [6, 6.07) is 0. The second-order valence-electron chi connectivity index (χ2n) is 2.81. The SMILES string of the molecule is O=C(O)C(=O)O[B]c1c(F)c(F)c(F)c(F)c1F. The van der Waals surface area contributed by atoms with Crippen molar-refractivity contribution in [2.24, 2.45) is 0 Å². The van der Waals surface area contributed by atoms with Crippen LogP contribution in [0.3, 0.4) is 0 Å². The predicted molar refractivity (Wildman–Crippen MR) is 45.3 cm³/mol. The van der Waals surface area contributed by atoms with Crippen molar-refractivity contribution in [3.05, 3.63) is 29.1 Å². The Morgan fingerprint density at radius 3 is 1.67 bits per heavy atom. The van der Waals surface area contributed by atoms with Crippen molar-refractivity contribution >= 4 is 24.9 Å². The molecule has 0 bridgehead atoms. The van der Waals surface area contributed by atoms with E-state index in [-0.39, 0.29) is 7.48 Å². The lowest BCUT2D eigenvalue weighted by Gasteiger charge is -2.06. The number of carboxylic acid groups (broad SMARTS) is 1. The van der Waals surface area contributed by atoms with Crippen LogP contribution in [0.1, 0.15) is 0 Å².